The molecule has 0 bridgehead atoms. The summed E-state index contributed by atoms with van der Waals surface area (Å²) in [6.45, 7) is 13.3. The van der Waals surface area contributed by atoms with Gasteiger partial charge in [-0.25, -0.2) is 0 Å². The molecule has 0 aromatic heterocycles. The Kier molecular flexibility index (Phi) is 9.30. The lowest BCUT2D eigenvalue weighted by Crippen LogP contribution is -3.00. The molecule has 6 aliphatic rings. The average molecular weight is 653 g/mol. The van der Waals surface area contributed by atoms with Crippen LogP contribution >= 0.6 is 0 Å². The van der Waals surface area contributed by atoms with Crippen molar-refractivity contribution in [1.29, 1.82) is 0 Å². The average Bonchev–Trinajstić information content (AvgIpc) is 3.21. The van der Waals surface area contributed by atoms with Gasteiger partial charge in [-0.05, 0) is 99.7 Å². The highest BCUT2D eigenvalue weighted by Gasteiger charge is 2.68. The van der Waals surface area contributed by atoms with Gasteiger partial charge in [0.1, 0.15) is 12.1 Å². The summed E-state index contributed by atoms with van der Waals surface area (Å²) >= 11 is 0. The first kappa shape index (κ1) is 32.7. The van der Waals surface area contributed by atoms with Crippen molar-refractivity contribution in [1.82, 2.24) is 0 Å². The van der Waals surface area contributed by atoms with Crippen LogP contribution in [0.5, 0.6) is 0 Å². The van der Waals surface area contributed by atoms with Gasteiger partial charge in [0.05, 0.1) is 40.3 Å². The summed E-state index contributed by atoms with van der Waals surface area (Å²) < 4.78 is 14.7. The van der Waals surface area contributed by atoms with E-state index in [4.69, 9.17) is 9.47 Å². The molecule has 2 saturated heterocycles. The first-order valence-electron chi connectivity index (χ1n) is 17.4. The van der Waals surface area contributed by atoms with Crippen molar-refractivity contribution in [3.8, 4) is 0 Å². The minimum Gasteiger partial charge on any atom is -1.00 e. The third-order valence-electron chi connectivity index (χ3n) is 14.5. The highest BCUT2D eigenvalue weighted by molar-refractivity contribution is 5.66. The van der Waals surface area contributed by atoms with Gasteiger partial charge >= 0.3 is 11.9 Å². The predicted molar refractivity (Wildman–Crippen MR) is 161 cm³/mol. The molecule has 7 heteroatoms. The fraction of sp³-hybridized carbons (Fsp3) is 0.943. The molecule has 4 saturated carbocycles. The lowest BCUT2D eigenvalue weighted by atomic mass is 9.44. The first-order chi connectivity index (χ1) is 19.4. The van der Waals surface area contributed by atoms with E-state index in [9.17, 15) is 9.59 Å². The number of piperidine rings is 2. The summed E-state index contributed by atoms with van der Waals surface area (Å²) in [5.74, 6) is 2.52. The molecule has 0 radical (unpaired) electrons. The normalized spacial score (nSPS) is 45.8. The fourth-order valence-corrected chi connectivity index (χ4v) is 12.3. The minimum atomic E-state index is -0.0998. The van der Waals surface area contributed by atoms with Crippen LogP contribution in [0, 0.1) is 34.5 Å². The van der Waals surface area contributed by atoms with Crippen LogP contribution in [0.15, 0.2) is 0 Å². The molecule has 2 heterocycles. The van der Waals surface area contributed by atoms with Crippen LogP contribution in [-0.4, -0.2) is 85.5 Å². The zero-order chi connectivity index (χ0) is 29.2. The molecule has 0 N–H and O–H groups in total. The Morgan fingerprint density at radius 1 is 0.690 bits per heavy atom. The van der Waals surface area contributed by atoms with E-state index in [0.29, 0.717) is 35.3 Å². The number of nitrogens with zero attached hydrogens (tertiary/aromatic N) is 2. The lowest BCUT2D eigenvalue weighted by molar-refractivity contribution is -0.943. The molecule has 6 fully saturated rings. The molecule has 6 rings (SSSR count). The minimum absolute atomic E-state index is 0. The smallest absolute Gasteiger partial charge is 0.303 e. The summed E-state index contributed by atoms with van der Waals surface area (Å²) in [6.07, 6.45) is 16.4. The molecule has 2 aliphatic heterocycles. The van der Waals surface area contributed by atoms with Crippen molar-refractivity contribution in [2.24, 2.45) is 34.5 Å². The van der Waals surface area contributed by atoms with Crippen molar-refractivity contribution in [3.05, 3.63) is 0 Å². The number of carbonyl (C=O) groups is 2. The third-order valence-corrected chi connectivity index (χ3v) is 14.5. The molecule has 0 aromatic rings. The molecule has 42 heavy (non-hydrogen) atoms. The lowest BCUT2D eigenvalue weighted by Gasteiger charge is -2.63. The number of quaternary nitrogens is 2. The van der Waals surface area contributed by atoms with Gasteiger partial charge in [-0.2, -0.15) is 0 Å². The zero-order valence-electron chi connectivity index (χ0n) is 27.5. The van der Waals surface area contributed by atoms with E-state index in [1.54, 1.807) is 13.8 Å². The van der Waals surface area contributed by atoms with Gasteiger partial charge in [0.25, 0.3) is 0 Å². The largest absolute Gasteiger partial charge is 1.00 e. The van der Waals surface area contributed by atoms with E-state index >= 15 is 0 Å². The number of likely N-dealkylation sites (N-methyl/N-ethyl adjacent to an activating group) is 2. The second-order valence-electron chi connectivity index (χ2n) is 16.7. The molecule has 10 atom stereocenters. The number of likely N-dealkylation sites (tertiary alicyclic amines) is 2. The Morgan fingerprint density at radius 3 is 1.83 bits per heavy atom. The van der Waals surface area contributed by atoms with Crippen molar-refractivity contribution < 1.29 is 45.0 Å². The molecule has 6 nitrogen and oxygen atoms in total. The van der Waals surface area contributed by atoms with E-state index < -0.39 is 0 Å². The summed E-state index contributed by atoms with van der Waals surface area (Å²) in [7, 11) is 4.94. The Labute approximate surface area is 266 Å². The highest BCUT2D eigenvalue weighted by atomic mass is 79.9. The number of rotatable bonds is 4. The molecule has 240 valence electrons. The van der Waals surface area contributed by atoms with Crippen LogP contribution in [0.3, 0.4) is 0 Å². The Balaban J connectivity index is 0.00000353. The van der Waals surface area contributed by atoms with Gasteiger partial charge < -0.3 is 35.4 Å². The topological polar surface area (TPSA) is 52.6 Å². The van der Waals surface area contributed by atoms with Crippen LogP contribution in [0.1, 0.15) is 111 Å². The summed E-state index contributed by atoms with van der Waals surface area (Å²) in [5, 5.41) is 0. The Bertz CT molecular complexity index is 1010. The SMILES string of the molecule is CC(=O)OC1CC2CCC3C(CCC4(C)C3CC([N+]3(C)CCCCC3)C4OC(C)=O)C2(C)CC1[N+]1(C)CCCCC1.[Br-]. The van der Waals surface area contributed by atoms with Crippen molar-refractivity contribution in [2.45, 2.75) is 135 Å². The van der Waals surface area contributed by atoms with E-state index in [0.717, 1.165) is 21.3 Å². The molecule has 4 aliphatic carbocycles. The fourth-order valence-electron chi connectivity index (χ4n) is 12.3. The van der Waals surface area contributed by atoms with Crippen molar-refractivity contribution in [2.75, 3.05) is 40.3 Å². The van der Waals surface area contributed by atoms with Gasteiger partial charge in [-0.3, -0.25) is 9.59 Å². The number of esters is 2. The monoisotopic (exact) mass is 651 g/mol. The molecule has 0 aromatic carbocycles. The maximum absolute atomic E-state index is 12.5. The Morgan fingerprint density at radius 2 is 1.26 bits per heavy atom. The van der Waals surface area contributed by atoms with Crippen LogP contribution in [0.25, 0.3) is 0 Å². The van der Waals surface area contributed by atoms with E-state index in [-0.39, 0.29) is 46.5 Å². The van der Waals surface area contributed by atoms with Gasteiger partial charge in [0.15, 0.2) is 12.2 Å². The van der Waals surface area contributed by atoms with E-state index in [1.807, 2.05) is 0 Å². The van der Waals surface area contributed by atoms with Crippen molar-refractivity contribution in [3.63, 3.8) is 0 Å². The van der Waals surface area contributed by atoms with E-state index in [2.05, 4.69) is 27.9 Å². The number of halogens is 1. The van der Waals surface area contributed by atoms with Crippen LogP contribution in [0.4, 0.5) is 0 Å². The molecular formula is C35H60BrN2O4+. The first-order valence-corrected chi connectivity index (χ1v) is 17.4. The summed E-state index contributed by atoms with van der Waals surface area (Å²) in [6, 6.07) is 0.846. The number of hydrogen-bond donors (Lipinski definition) is 0. The van der Waals surface area contributed by atoms with Gasteiger partial charge in [0, 0.05) is 32.1 Å². The summed E-state index contributed by atoms with van der Waals surface area (Å²) in [5.41, 5.74) is 0.377. The maximum atomic E-state index is 12.5. The van der Waals surface area contributed by atoms with Crippen LogP contribution in [0.2, 0.25) is 0 Å². The number of carbonyl (C=O) groups excluding carboxylic acids is 2. The number of hydrogen-bond acceptors (Lipinski definition) is 4. The van der Waals surface area contributed by atoms with Gasteiger partial charge in [0.2, 0.25) is 0 Å². The zero-order valence-corrected chi connectivity index (χ0v) is 29.1. The molecular weight excluding hydrogens is 592 g/mol. The van der Waals surface area contributed by atoms with Gasteiger partial charge in [-0.15, -0.1) is 0 Å². The predicted octanol–water partition coefficient (Wildman–Crippen LogP) is 3.11. The number of ether oxygens (including phenoxy) is 2. The second-order valence-corrected chi connectivity index (χ2v) is 16.7. The number of fused-ring (bicyclic) bond motifs is 5. The van der Waals surface area contributed by atoms with E-state index in [1.165, 1.54) is 103 Å². The van der Waals surface area contributed by atoms with Crippen molar-refractivity contribution >= 4 is 11.9 Å². The second kappa shape index (κ2) is 11.9. The van der Waals surface area contributed by atoms with Gasteiger partial charge in [-0.1, -0.05) is 13.8 Å². The maximum Gasteiger partial charge on any atom is 0.303 e. The van der Waals surface area contributed by atoms with Crippen LogP contribution < -0.4 is 17.0 Å². The molecule has 10 unspecified atom stereocenters. The standard InChI is InChI=1S/C35H60N2O4.BrH/c1-24(38)40-32-21-26-13-14-27-28(35(26,4)23-31(32)37(6)19-11-8-12-20-37)15-16-34(3)29(27)22-30(33(34)41-25(2)39)36(5)17-9-7-10-18-36;/h26-33H,7-23H2,1-6H3;1H/q+2;/p-1. The molecule has 0 amide bonds. The third kappa shape index (κ3) is 5.42. The summed E-state index contributed by atoms with van der Waals surface area (Å²) in [4.78, 5) is 24.8. The van der Waals surface area contributed by atoms with Crippen LogP contribution in [-0.2, 0) is 19.1 Å². The molecule has 0 spiro atoms. The quantitative estimate of drug-likeness (QED) is 0.346. The highest BCUT2D eigenvalue weighted by Crippen LogP contribution is 2.68. The Hall–Kier alpha value is -0.660.